The third-order valence-corrected chi connectivity index (χ3v) is 7.64. The first-order valence-corrected chi connectivity index (χ1v) is 11.6. The van der Waals surface area contributed by atoms with Crippen molar-refractivity contribution in [3.05, 3.63) is 64.8 Å². The number of methoxy groups -OCH3 is 1. The number of nitrogens with zero attached hydrogens (tertiary/aromatic N) is 1. The number of benzene rings is 2. The smallest absolute Gasteiger partial charge is 0.250 e. The van der Waals surface area contributed by atoms with Gasteiger partial charge >= 0.3 is 0 Å². The van der Waals surface area contributed by atoms with Gasteiger partial charge < -0.3 is 15.0 Å². The van der Waals surface area contributed by atoms with Crippen molar-refractivity contribution in [3.63, 3.8) is 0 Å². The number of likely N-dealkylation sites (tertiary alicyclic amines) is 1. The number of rotatable bonds is 5. The average Bonchev–Trinajstić information content (AvgIpc) is 3.53. The van der Waals surface area contributed by atoms with Crippen LogP contribution in [0.1, 0.15) is 11.1 Å². The Morgan fingerprint density at radius 3 is 2.76 bits per heavy atom. The summed E-state index contributed by atoms with van der Waals surface area (Å²) in [5.41, 5.74) is 1.85. The topological polar surface area (TPSA) is 104 Å². The third-order valence-electron chi connectivity index (χ3n) is 7.40. The molecule has 4 atom stereocenters. The van der Waals surface area contributed by atoms with Crippen LogP contribution in [0.25, 0.3) is 10.9 Å². The maximum absolute atomic E-state index is 13.7. The van der Waals surface area contributed by atoms with Crippen molar-refractivity contribution in [3.8, 4) is 0 Å². The first-order valence-electron chi connectivity index (χ1n) is 11.2. The number of hydrogen-bond donors (Lipinski definition) is 3. The molecule has 9 heteroatoms. The van der Waals surface area contributed by atoms with E-state index in [4.69, 9.17) is 16.3 Å². The second-order valence-electron chi connectivity index (χ2n) is 9.09. The highest BCUT2D eigenvalue weighted by atomic mass is 35.5. The average molecular weight is 479 g/mol. The van der Waals surface area contributed by atoms with E-state index in [1.54, 1.807) is 18.2 Å². The second kappa shape index (κ2) is 7.66. The van der Waals surface area contributed by atoms with E-state index in [2.05, 4.69) is 15.6 Å². The number of amides is 3. The molecule has 6 rings (SSSR count). The van der Waals surface area contributed by atoms with Gasteiger partial charge in [0.25, 0.3) is 0 Å². The number of fused-ring (bicyclic) bond motifs is 5. The van der Waals surface area contributed by atoms with Crippen LogP contribution in [0.3, 0.4) is 0 Å². The van der Waals surface area contributed by atoms with Crippen LogP contribution in [-0.2, 0) is 31.1 Å². The lowest BCUT2D eigenvalue weighted by atomic mass is 9.76. The van der Waals surface area contributed by atoms with Gasteiger partial charge in [-0.25, -0.2) is 0 Å². The van der Waals surface area contributed by atoms with Gasteiger partial charge in [-0.05, 0) is 36.2 Å². The lowest BCUT2D eigenvalue weighted by Gasteiger charge is -2.29. The Bertz CT molecular complexity index is 1350. The number of halogens is 1. The number of anilines is 1. The molecule has 3 aliphatic heterocycles. The molecule has 3 N–H and O–H groups in total. The molecule has 34 heavy (non-hydrogen) atoms. The van der Waals surface area contributed by atoms with E-state index in [1.165, 1.54) is 12.0 Å². The van der Waals surface area contributed by atoms with Crippen molar-refractivity contribution in [2.24, 2.45) is 11.8 Å². The number of carbonyl (C=O) groups excluding carboxylic acids is 3. The van der Waals surface area contributed by atoms with E-state index in [1.807, 2.05) is 30.5 Å². The fraction of sp³-hybridized carbons (Fsp3) is 0.320. The summed E-state index contributed by atoms with van der Waals surface area (Å²) >= 11 is 6.30. The molecule has 2 saturated heterocycles. The van der Waals surface area contributed by atoms with Crippen LogP contribution in [0.4, 0.5) is 5.69 Å². The van der Waals surface area contributed by atoms with Crippen molar-refractivity contribution in [1.29, 1.82) is 0 Å². The van der Waals surface area contributed by atoms with E-state index in [9.17, 15) is 14.4 Å². The summed E-state index contributed by atoms with van der Waals surface area (Å²) in [5, 5.41) is 7.87. The zero-order chi connectivity index (χ0) is 23.6. The zero-order valence-electron chi connectivity index (χ0n) is 18.4. The Morgan fingerprint density at radius 2 is 1.94 bits per heavy atom. The SMILES string of the molecule is COCCN1C(=O)[C@H]2[C@@H](C1=O)[C@]1(N[C@@H]2Cc2c[nH]c3ccccc23)C(=O)Nc2ccc(Cl)cc21. The summed E-state index contributed by atoms with van der Waals surface area (Å²) in [6.45, 7) is 0.389. The fourth-order valence-corrected chi connectivity index (χ4v) is 6.12. The minimum absolute atomic E-state index is 0.154. The van der Waals surface area contributed by atoms with Crippen LogP contribution >= 0.6 is 11.6 Å². The highest BCUT2D eigenvalue weighted by Crippen LogP contribution is 2.53. The van der Waals surface area contributed by atoms with Crippen molar-refractivity contribution in [1.82, 2.24) is 15.2 Å². The van der Waals surface area contributed by atoms with Gasteiger partial charge in [-0.3, -0.25) is 24.6 Å². The molecule has 0 saturated carbocycles. The Morgan fingerprint density at radius 1 is 1.12 bits per heavy atom. The summed E-state index contributed by atoms with van der Waals surface area (Å²) in [5.74, 6) is -2.52. The summed E-state index contributed by atoms with van der Waals surface area (Å²) in [4.78, 5) is 45.3. The second-order valence-corrected chi connectivity index (χ2v) is 9.53. The summed E-state index contributed by atoms with van der Waals surface area (Å²) in [6, 6.07) is 12.6. The molecule has 0 radical (unpaired) electrons. The normalized spacial score (nSPS) is 27.6. The van der Waals surface area contributed by atoms with Gasteiger partial charge in [-0.1, -0.05) is 29.8 Å². The van der Waals surface area contributed by atoms with Gasteiger partial charge in [-0.2, -0.15) is 0 Å². The van der Waals surface area contributed by atoms with Crippen molar-refractivity contribution < 1.29 is 19.1 Å². The molecule has 0 aliphatic carbocycles. The van der Waals surface area contributed by atoms with Crippen LogP contribution in [0, 0.1) is 11.8 Å². The predicted octanol–water partition coefficient (Wildman–Crippen LogP) is 2.43. The number of hydrogen-bond acceptors (Lipinski definition) is 5. The quantitative estimate of drug-likeness (QED) is 0.489. The van der Waals surface area contributed by atoms with Gasteiger partial charge in [0, 0.05) is 46.5 Å². The Kier molecular flexibility index (Phi) is 4.81. The molecule has 1 aromatic heterocycles. The highest BCUT2D eigenvalue weighted by Gasteiger charge is 2.70. The Balaban J connectivity index is 1.47. The van der Waals surface area contributed by atoms with E-state index in [0.29, 0.717) is 22.7 Å². The molecule has 3 amide bonds. The number of aromatic nitrogens is 1. The van der Waals surface area contributed by atoms with Gasteiger partial charge in [0.2, 0.25) is 17.7 Å². The van der Waals surface area contributed by atoms with E-state index in [-0.39, 0.29) is 30.9 Å². The molecule has 174 valence electrons. The molecule has 0 unspecified atom stereocenters. The lowest BCUT2D eigenvalue weighted by molar-refractivity contribution is -0.143. The minimum atomic E-state index is -1.36. The molecule has 3 aliphatic rings. The Labute approximate surface area is 200 Å². The molecular formula is C25H23ClN4O4. The summed E-state index contributed by atoms with van der Waals surface area (Å²) in [7, 11) is 1.53. The van der Waals surface area contributed by atoms with Crippen molar-refractivity contribution >= 4 is 45.9 Å². The molecule has 8 nitrogen and oxygen atoms in total. The van der Waals surface area contributed by atoms with Crippen LogP contribution in [-0.4, -0.2) is 53.9 Å². The first kappa shape index (κ1) is 21.3. The molecular weight excluding hydrogens is 456 g/mol. The standard InChI is InChI=1S/C25H23ClN4O4/c1-34-9-8-30-22(31)20-19(10-13-12-27-17-5-3-2-4-15(13)17)29-25(21(20)23(30)32)16-11-14(26)6-7-18(16)28-24(25)33/h2-7,11-12,19-21,27,29H,8-10H2,1H3,(H,28,33)/t19-,20-,21+,25+/m1/s1. The summed E-state index contributed by atoms with van der Waals surface area (Å²) in [6.07, 6.45) is 2.41. The lowest BCUT2D eigenvalue weighted by Crippen LogP contribution is -2.53. The van der Waals surface area contributed by atoms with Crippen molar-refractivity contribution in [2.75, 3.05) is 25.6 Å². The van der Waals surface area contributed by atoms with Crippen molar-refractivity contribution in [2.45, 2.75) is 18.0 Å². The van der Waals surface area contributed by atoms with Gasteiger partial charge in [-0.15, -0.1) is 0 Å². The number of H-pyrrole nitrogens is 1. The third kappa shape index (κ3) is 2.82. The number of imide groups is 1. The predicted molar refractivity (Wildman–Crippen MR) is 126 cm³/mol. The van der Waals surface area contributed by atoms with Crippen LogP contribution < -0.4 is 10.6 Å². The van der Waals surface area contributed by atoms with Crippen LogP contribution in [0.2, 0.25) is 5.02 Å². The van der Waals surface area contributed by atoms with Gasteiger partial charge in [0.05, 0.1) is 25.0 Å². The zero-order valence-corrected chi connectivity index (χ0v) is 19.2. The Hall–Kier alpha value is -3.20. The largest absolute Gasteiger partial charge is 0.383 e. The molecule has 4 heterocycles. The maximum Gasteiger partial charge on any atom is 0.250 e. The number of aromatic amines is 1. The molecule has 2 fully saturated rings. The first-order chi connectivity index (χ1) is 16.5. The van der Waals surface area contributed by atoms with E-state index >= 15 is 0 Å². The number of para-hydroxylation sites is 1. The fourth-order valence-electron chi connectivity index (χ4n) is 5.95. The van der Waals surface area contributed by atoms with Gasteiger partial charge in [0.1, 0.15) is 5.54 Å². The monoisotopic (exact) mass is 478 g/mol. The summed E-state index contributed by atoms with van der Waals surface area (Å²) < 4.78 is 5.13. The van der Waals surface area contributed by atoms with Crippen LogP contribution in [0.15, 0.2) is 48.7 Å². The van der Waals surface area contributed by atoms with E-state index < -0.39 is 23.4 Å². The van der Waals surface area contributed by atoms with E-state index in [0.717, 1.165) is 16.5 Å². The van der Waals surface area contributed by atoms with Crippen LogP contribution in [0.5, 0.6) is 0 Å². The molecule has 1 spiro atoms. The molecule has 3 aromatic rings. The highest BCUT2D eigenvalue weighted by molar-refractivity contribution is 6.31. The molecule has 0 bridgehead atoms. The number of ether oxygens (including phenoxy) is 1. The number of carbonyl (C=O) groups is 3. The number of nitrogens with one attached hydrogen (secondary N) is 3. The van der Waals surface area contributed by atoms with Gasteiger partial charge in [0.15, 0.2) is 0 Å². The maximum atomic E-state index is 13.7. The molecule has 2 aromatic carbocycles. The minimum Gasteiger partial charge on any atom is -0.383 e.